The van der Waals surface area contributed by atoms with Gasteiger partial charge in [0.1, 0.15) is 11.9 Å². The maximum absolute atomic E-state index is 13.5. The maximum Gasteiger partial charge on any atom is 0.242 e. The van der Waals surface area contributed by atoms with Crippen molar-refractivity contribution in [1.29, 1.82) is 0 Å². The van der Waals surface area contributed by atoms with Gasteiger partial charge in [-0.1, -0.05) is 72.3 Å². The van der Waals surface area contributed by atoms with E-state index >= 15 is 0 Å². The van der Waals surface area contributed by atoms with Gasteiger partial charge in [0.25, 0.3) is 0 Å². The summed E-state index contributed by atoms with van der Waals surface area (Å²) in [7, 11) is -3.73. The van der Waals surface area contributed by atoms with Crippen molar-refractivity contribution in [2.45, 2.75) is 39.5 Å². The fourth-order valence-corrected chi connectivity index (χ4v) is 4.46. The van der Waals surface area contributed by atoms with Crippen LogP contribution in [0, 0.1) is 12.7 Å². The van der Waals surface area contributed by atoms with Crippen LogP contribution in [0.4, 0.5) is 4.39 Å². The van der Waals surface area contributed by atoms with E-state index in [0.29, 0.717) is 5.56 Å². The molecule has 0 unspecified atom stereocenters. The summed E-state index contributed by atoms with van der Waals surface area (Å²) in [4.78, 5) is 27.9. The van der Waals surface area contributed by atoms with Crippen LogP contribution in [0.25, 0.3) is 0 Å². The quantitative estimate of drug-likeness (QED) is 0.414. The molecule has 37 heavy (non-hydrogen) atoms. The monoisotopic (exact) mass is 525 g/mol. The van der Waals surface area contributed by atoms with Crippen molar-refractivity contribution in [3.05, 3.63) is 107 Å². The second kappa shape index (κ2) is 12.6. The highest BCUT2D eigenvalue weighted by Gasteiger charge is 2.29. The Bertz CT molecular complexity index is 1300. The van der Waals surface area contributed by atoms with Gasteiger partial charge in [0.15, 0.2) is 0 Å². The van der Waals surface area contributed by atoms with Crippen LogP contribution in [0.5, 0.6) is 0 Å². The number of nitrogens with zero attached hydrogens (tertiary/aromatic N) is 2. The molecule has 0 aliphatic carbocycles. The third kappa shape index (κ3) is 8.51. The van der Waals surface area contributed by atoms with Gasteiger partial charge in [0, 0.05) is 19.6 Å². The number of nitrogens with one attached hydrogen (secondary N) is 1. The SMILES string of the molecule is Cc1ccc(CNC(=O)[C@H](C)N(Cc2ccc(F)cc2)C(=O)CN(Cc2ccccc2)S(C)(=O)=O)cc1. The van der Waals surface area contributed by atoms with E-state index < -0.39 is 34.3 Å². The summed E-state index contributed by atoms with van der Waals surface area (Å²) in [5.41, 5.74) is 3.36. The molecule has 3 aromatic rings. The molecule has 0 fully saturated rings. The minimum Gasteiger partial charge on any atom is -0.350 e. The molecule has 0 saturated heterocycles. The van der Waals surface area contributed by atoms with Crippen LogP contribution in [-0.4, -0.2) is 48.3 Å². The number of hydrogen-bond donors (Lipinski definition) is 1. The smallest absolute Gasteiger partial charge is 0.242 e. The zero-order chi connectivity index (χ0) is 27.0. The summed E-state index contributed by atoms with van der Waals surface area (Å²) in [6.07, 6.45) is 1.05. The number of rotatable bonds is 11. The molecule has 3 aromatic carbocycles. The third-order valence-corrected chi connectivity index (χ3v) is 7.20. The van der Waals surface area contributed by atoms with Gasteiger partial charge in [-0.15, -0.1) is 0 Å². The average molecular weight is 526 g/mol. The lowest BCUT2D eigenvalue weighted by Gasteiger charge is -2.31. The van der Waals surface area contributed by atoms with Gasteiger partial charge in [-0.2, -0.15) is 4.31 Å². The minimum atomic E-state index is -3.73. The first-order valence-electron chi connectivity index (χ1n) is 11.9. The molecule has 0 radical (unpaired) electrons. The highest BCUT2D eigenvalue weighted by atomic mass is 32.2. The Balaban J connectivity index is 1.80. The fraction of sp³-hybridized carbons (Fsp3) is 0.286. The Labute approximate surface area is 218 Å². The van der Waals surface area contributed by atoms with Gasteiger partial charge in [0.05, 0.1) is 12.8 Å². The second-order valence-electron chi connectivity index (χ2n) is 9.04. The molecular weight excluding hydrogens is 493 g/mol. The lowest BCUT2D eigenvalue weighted by atomic mass is 10.1. The van der Waals surface area contributed by atoms with Crippen LogP contribution in [0.2, 0.25) is 0 Å². The Kier molecular flexibility index (Phi) is 9.54. The van der Waals surface area contributed by atoms with Gasteiger partial charge in [-0.25, -0.2) is 12.8 Å². The molecule has 0 bridgehead atoms. The van der Waals surface area contributed by atoms with E-state index in [1.807, 2.05) is 37.3 Å². The van der Waals surface area contributed by atoms with E-state index in [2.05, 4.69) is 5.32 Å². The van der Waals surface area contributed by atoms with E-state index in [4.69, 9.17) is 0 Å². The van der Waals surface area contributed by atoms with Gasteiger partial charge in [-0.3, -0.25) is 9.59 Å². The fourth-order valence-electron chi connectivity index (χ4n) is 3.73. The summed E-state index contributed by atoms with van der Waals surface area (Å²) in [6.45, 7) is 3.44. The lowest BCUT2D eigenvalue weighted by molar-refractivity contribution is -0.140. The number of sulfonamides is 1. The molecule has 1 atom stereocenters. The van der Waals surface area contributed by atoms with E-state index in [1.54, 1.807) is 31.2 Å². The predicted octanol–water partition coefficient (Wildman–Crippen LogP) is 3.63. The zero-order valence-electron chi connectivity index (χ0n) is 21.2. The van der Waals surface area contributed by atoms with Crippen molar-refractivity contribution >= 4 is 21.8 Å². The molecule has 0 spiro atoms. The molecule has 196 valence electrons. The Hall–Kier alpha value is -3.56. The van der Waals surface area contributed by atoms with E-state index in [-0.39, 0.29) is 25.5 Å². The number of aryl methyl sites for hydroxylation is 1. The maximum atomic E-state index is 13.5. The van der Waals surface area contributed by atoms with Gasteiger partial charge < -0.3 is 10.2 Å². The van der Waals surface area contributed by atoms with Crippen molar-refractivity contribution in [2.24, 2.45) is 0 Å². The lowest BCUT2D eigenvalue weighted by Crippen LogP contribution is -2.50. The summed E-state index contributed by atoms with van der Waals surface area (Å²) >= 11 is 0. The van der Waals surface area contributed by atoms with Crippen LogP contribution in [0.1, 0.15) is 29.2 Å². The second-order valence-corrected chi connectivity index (χ2v) is 11.0. The molecule has 1 N–H and O–H groups in total. The first-order valence-corrected chi connectivity index (χ1v) is 13.7. The van der Waals surface area contributed by atoms with E-state index in [0.717, 1.165) is 27.3 Å². The van der Waals surface area contributed by atoms with E-state index in [9.17, 15) is 22.4 Å². The molecule has 3 rings (SSSR count). The molecule has 2 amide bonds. The van der Waals surface area contributed by atoms with Gasteiger partial charge in [0.2, 0.25) is 21.8 Å². The summed E-state index contributed by atoms with van der Waals surface area (Å²) in [6, 6.07) is 21.4. The number of carbonyl (C=O) groups is 2. The highest BCUT2D eigenvalue weighted by molar-refractivity contribution is 7.88. The molecule has 7 nitrogen and oxygen atoms in total. The number of halogens is 1. The van der Waals surface area contributed by atoms with Crippen molar-refractivity contribution in [1.82, 2.24) is 14.5 Å². The van der Waals surface area contributed by atoms with Crippen molar-refractivity contribution in [3.63, 3.8) is 0 Å². The number of carbonyl (C=O) groups excluding carboxylic acids is 2. The number of amides is 2. The van der Waals surface area contributed by atoms with E-state index in [1.165, 1.54) is 29.2 Å². The largest absolute Gasteiger partial charge is 0.350 e. The standard InChI is InChI=1S/C28H32FN3O4S/c1-21-9-11-23(12-10-21)17-30-28(34)22(2)32(19-25-13-15-26(29)16-14-25)27(33)20-31(37(3,35)36)18-24-7-5-4-6-8-24/h4-16,22H,17-20H2,1-3H3,(H,30,34)/t22-/m0/s1. The molecular formula is C28H32FN3O4S. The van der Waals surface area contributed by atoms with Crippen LogP contribution in [-0.2, 0) is 39.2 Å². The first-order chi connectivity index (χ1) is 17.5. The van der Waals surface area contributed by atoms with Crippen LogP contribution in [0.15, 0.2) is 78.9 Å². The predicted molar refractivity (Wildman–Crippen MR) is 141 cm³/mol. The average Bonchev–Trinajstić information content (AvgIpc) is 2.87. The summed E-state index contributed by atoms with van der Waals surface area (Å²) < 4.78 is 39.6. The summed E-state index contributed by atoms with van der Waals surface area (Å²) in [5.74, 6) is -1.34. The molecule has 0 saturated carbocycles. The zero-order valence-corrected chi connectivity index (χ0v) is 22.0. The topological polar surface area (TPSA) is 86.8 Å². The molecule has 0 aliphatic rings. The Morgan fingerprint density at radius 2 is 1.43 bits per heavy atom. The van der Waals surface area contributed by atoms with Crippen molar-refractivity contribution in [3.8, 4) is 0 Å². The molecule has 9 heteroatoms. The van der Waals surface area contributed by atoms with Gasteiger partial charge in [-0.05, 0) is 42.7 Å². The third-order valence-electron chi connectivity index (χ3n) is 6.00. The number of benzene rings is 3. The van der Waals surface area contributed by atoms with Gasteiger partial charge >= 0.3 is 0 Å². The molecule has 0 aliphatic heterocycles. The number of hydrogen-bond acceptors (Lipinski definition) is 4. The molecule has 0 heterocycles. The molecule has 0 aromatic heterocycles. The Morgan fingerprint density at radius 3 is 2.03 bits per heavy atom. The van der Waals surface area contributed by atoms with Crippen LogP contribution in [0.3, 0.4) is 0 Å². The van der Waals surface area contributed by atoms with Crippen molar-refractivity contribution in [2.75, 3.05) is 12.8 Å². The van der Waals surface area contributed by atoms with Crippen LogP contribution < -0.4 is 5.32 Å². The first kappa shape index (κ1) is 28.0. The normalized spacial score (nSPS) is 12.2. The summed E-state index contributed by atoms with van der Waals surface area (Å²) in [5, 5.41) is 2.85. The minimum absolute atomic E-state index is 0.0151. The van der Waals surface area contributed by atoms with Crippen molar-refractivity contribution < 1.29 is 22.4 Å². The van der Waals surface area contributed by atoms with Crippen LogP contribution >= 0.6 is 0 Å². The Morgan fingerprint density at radius 1 is 0.865 bits per heavy atom. The highest BCUT2D eigenvalue weighted by Crippen LogP contribution is 2.14.